The molecule has 0 spiro atoms. The fourth-order valence-electron chi connectivity index (χ4n) is 2.24. The van der Waals surface area contributed by atoms with Gasteiger partial charge in [-0.1, -0.05) is 36.4 Å². The normalized spacial score (nSPS) is 12.4. The molecule has 0 radical (unpaired) electrons. The summed E-state index contributed by atoms with van der Waals surface area (Å²) >= 11 is 0. The van der Waals surface area contributed by atoms with Crippen LogP contribution < -0.4 is 10.1 Å². The minimum absolute atomic E-state index is 0.181. The number of alkyl halides is 2. The minimum Gasteiger partial charge on any atom is -0.435 e. The maximum absolute atomic E-state index is 12.1. The predicted molar refractivity (Wildman–Crippen MR) is 79.5 cm³/mol. The molecule has 2 rings (SSSR count). The van der Waals surface area contributed by atoms with Crippen molar-refractivity contribution in [3.63, 3.8) is 0 Å². The molecule has 4 heteroatoms. The van der Waals surface area contributed by atoms with E-state index < -0.39 is 6.61 Å². The molecule has 2 aromatic rings. The molecule has 0 aliphatic carbocycles. The van der Waals surface area contributed by atoms with Crippen molar-refractivity contribution >= 4 is 0 Å². The van der Waals surface area contributed by atoms with Crippen LogP contribution in [-0.2, 0) is 6.54 Å². The third-order valence-electron chi connectivity index (χ3n) is 3.42. The van der Waals surface area contributed by atoms with Crippen molar-refractivity contribution < 1.29 is 13.5 Å². The van der Waals surface area contributed by atoms with Gasteiger partial charge in [-0.2, -0.15) is 8.78 Å². The van der Waals surface area contributed by atoms with E-state index in [9.17, 15) is 8.78 Å². The Hall–Kier alpha value is -1.94. The number of halogens is 2. The van der Waals surface area contributed by atoms with Gasteiger partial charge in [-0.25, -0.2) is 0 Å². The highest BCUT2D eigenvalue weighted by Crippen LogP contribution is 2.18. The molecule has 112 valence electrons. The molecule has 0 aliphatic rings. The first-order valence-corrected chi connectivity index (χ1v) is 6.89. The molecule has 2 aromatic carbocycles. The van der Waals surface area contributed by atoms with Crippen LogP contribution in [0, 0.1) is 6.92 Å². The van der Waals surface area contributed by atoms with Crippen LogP contribution in [0.4, 0.5) is 8.78 Å². The Kier molecular flexibility index (Phi) is 5.28. The van der Waals surface area contributed by atoms with Crippen molar-refractivity contribution in [2.45, 2.75) is 33.0 Å². The predicted octanol–water partition coefficient (Wildman–Crippen LogP) is 4.45. The van der Waals surface area contributed by atoms with Crippen molar-refractivity contribution in [1.82, 2.24) is 5.32 Å². The van der Waals surface area contributed by atoms with Gasteiger partial charge in [0.2, 0.25) is 0 Å². The van der Waals surface area contributed by atoms with Crippen molar-refractivity contribution in [3.8, 4) is 5.75 Å². The Morgan fingerprint density at radius 1 is 1.05 bits per heavy atom. The molecule has 0 saturated carbocycles. The molecule has 0 aromatic heterocycles. The van der Waals surface area contributed by atoms with Crippen LogP contribution in [-0.4, -0.2) is 6.61 Å². The van der Waals surface area contributed by atoms with Crippen molar-refractivity contribution in [2.24, 2.45) is 0 Å². The molecule has 0 aliphatic heterocycles. The lowest BCUT2D eigenvalue weighted by Gasteiger charge is -2.16. The first kappa shape index (κ1) is 15.4. The average molecular weight is 291 g/mol. The van der Waals surface area contributed by atoms with Crippen LogP contribution in [0.3, 0.4) is 0 Å². The van der Waals surface area contributed by atoms with E-state index in [0.717, 1.165) is 5.56 Å². The summed E-state index contributed by atoms with van der Waals surface area (Å²) in [5.41, 5.74) is 3.53. The second-order valence-electron chi connectivity index (χ2n) is 4.98. The summed E-state index contributed by atoms with van der Waals surface area (Å²) in [6, 6.07) is 15.2. The summed E-state index contributed by atoms with van der Waals surface area (Å²) in [7, 11) is 0. The van der Waals surface area contributed by atoms with Gasteiger partial charge in [-0.3, -0.25) is 0 Å². The van der Waals surface area contributed by atoms with Gasteiger partial charge in [-0.15, -0.1) is 0 Å². The Balaban J connectivity index is 1.92. The van der Waals surface area contributed by atoms with Crippen molar-refractivity contribution in [2.75, 3.05) is 0 Å². The van der Waals surface area contributed by atoms with Crippen LogP contribution in [0.25, 0.3) is 0 Å². The lowest BCUT2D eigenvalue weighted by atomic mass is 10.0. The quantitative estimate of drug-likeness (QED) is 0.849. The van der Waals surface area contributed by atoms with E-state index in [1.165, 1.54) is 11.1 Å². The van der Waals surface area contributed by atoms with Gasteiger partial charge < -0.3 is 10.1 Å². The fraction of sp³-hybridized carbons (Fsp3) is 0.294. The minimum atomic E-state index is -2.78. The molecule has 0 bridgehead atoms. The van der Waals surface area contributed by atoms with E-state index in [0.29, 0.717) is 6.54 Å². The monoisotopic (exact) mass is 291 g/mol. The molecule has 0 saturated heterocycles. The average Bonchev–Trinajstić information content (AvgIpc) is 2.46. The van der Waals surface area contributed by atoms with Crippen molar-refractivity contribution in [3.05, 3.63) is 65.2 Å². The smallest absolute Gasteiger partial charge is 0.387 e. The van der Waals surface area contributed by atoms with Gasteiger partial charge in [0.25, 0.3) is 0 Å². The number of hydrogen-bond donors (Lipinski definition) is 1. The Labute approximate surface area is 123 Å². The largest absolute Gasteiger partial charge is 0.435 e. The zero-order chi connectivity index (χ0) is 15.2. The third kappa shape index (κ3) is 4.53. The summed E-state index contributed by atoms with van der Waals surface area (Å²) in [5.74, 6) is 0.181. The molecular weight excluding hydrogens is 272 g/mol. The number of ether oxygens (including phenoxy) is 1. The summed E-state index contributed by atoms with van der Waals surface area (Å²) in [5, 5.41) is 3.43. The van der Waals surface area contributed by atoms with Crippen LogP contribution in [0.1, 0.15) is 29.7 Å². The summed E-state index contributed by atoms with van der Waals surface area (Å²) in [4.78, 5) is 0. The highest BCUT2D eigenvalue weighted by molar-refractivity contribution is 5.29. The first-order valence-electron chi connectivity index (χ1n) is 6.89. The van der Waals surface area contributed by atoms with Gasteiger partial charge in [0.15, 0.2) is 0 Å². The number of nitrogens with one attached hydrogen (secondary N) is 1. The molecule has 2 nitrogen and oxygen atoms in total. The summed E-state index contributed by atoms with van der Waals surface area (Å²) in [6.45, 7) is 2.08. The van der Waals surface area contributed by atoms with E-state index in [2.05, 4.69) is 36.0 Å². The molecule has 0 fully saturated rings. The maximum atomic E-state index is 12.1. The van der Waals surface area contributed by atoms with Gasteiger partial charge in [-0.05, 0) is 42.7 Å². The second-order valence-corrected chi connectivity index (χ2v) is 4.98. The van der Waals surface area contributed by atoms with Crippen LogP contribution in [0.5, 0.6) is 5.75 Å². The lowest BCUT2D eigenvalue weighted by Crippen LogP contribution is -2.18. The molecular formula is C17H19F2NO. The first-order chi connectivity index (χ1) is 10.1. The third-order valence-corrected chi connectivity index (χ3v) is 3.42. The van der Waals surface area contributed by atoms with E-state index in [1.54, 1.807) is 24.3 Å². The highest BCUT2D eigenvalue weighted by atomic mass is 19.3. The Morgan fingerprint density at radius 2 is 1.71 bits per heavy atom. The zero-order valence-corrected chi connectivity index (χ0v) is 12.1. The van der Waals surface area contributed by atoms with Crippen LogP contribution in [0.2, 0.25) is 0 Å². The van der Waals surface area contributed by atoms with E-state index >= 15 is 0 Å². The molecule has 21 heavy (non-hydrogen) atoms. The highest BCUT2D eigenvalue weighted by Gasteiger charge is 2.08. The molecule has 1 N–H and O–H groups in total. The number of rotatable bonds is 6. The Bertz CT molecular complexity index is 569. The molecule has 0 heterocycles. The fourth-order valence-corrected chi connectivity index (χ4v) is 2.24. The Morgan fingerprint density at radius 3 is 2.33 bits per heavy atom. The molecule has 1 atom stereocenters. The van der Waals surface area contributed by atoms with Crippen LogP contribution in [0.15, 0.2) is 48.5 Å². The van der Waals surface area contributed by atoms with Gasteiger partial charge in [0.05, 0.1) is 0 Å². The number of hydrogen-bond acceptors (Lipinski definition) is 2. The number of benzene rings is 2. The van der Waals surface area contributed by atoms with Crippen molar-refractivity contribution in [1.29, 1.82) is 0 Å². The van der Waals surface area contributed by atoms with E-state index in [4.69, 9.17) is 0 Å². The SMILES string of the molecule is Cc1ccccc1C(C)NCc1ccc(OC(F)F)cc1. The topological polar surface area (TPSA) is 21.3 Å². The summed E-state index contributed by atoms with van der Waals surface area (Å²) < 4.78 is 28.5. The maximum Gasteiger partial charge on any atom is 0.387 e. The van der Waals surface area contributed by atoms with Gasteiger partial charge >= 0.3 is 6.61 Å². The molecule has 0 amide bonds. The summed E-state index contributed by atoms with van der Waals surface area (Å²) in [6.07, 6.45) is 0. The number of aryl methyl sites for hydroxylation is 1. The van der Waals surface area contributed by atoms with Gasteiger partial charge in [0.1, 0.15) is 5.75 Å². The standard InChI is InChI=1S/C17H19F2NO/c1-12-5-3-4-6-16(12)13(2)20-11-14-7-9-15(10-8-14)21-17(18)19/h3-10,13,17,20H,11H2,1-2H3. The van der Waals surface area contributed by atoms with E-state index in [-0.39, 0.29) is 11.8 Å². The zero-order valence-electron chi connectivity index (χ0n) is 12.1. The lowest BCUT2D eigenvalue weighted by molar-refractivity contribution is -0.0498. The molecule has 1 unspecified atom stereocenters. The van der Waals surface area contributed by atoms with Crippen LogP contribution >= 0.6 is 0 Å². The van der Waals surface area contributed by atoms with E-state index in [1.807, 2.05) is 12.1 Å². The second kappa shape index (κ2) is 7.18. The van der Waals surface area contributed by atoms with Gasteiger partial charge in [0, 0.05) is 12.6 Å².